The van der Waals surface area contributed by atoms with Gasteiger partial charge in [-0.2, -0.15) is 0 Å². The van der Waals surface area contributed by atoms with Gasteiger partial charge in [-0.15, -0.1) is 0 Å². The van der Waals surface area contributed by atoms with Crippen molar-refractivity contribution in [3.8, 4) is 0 Å². The van der Waals surface area contributed by atoms with Crippen molar-refractivity contribution in [1.82, 2.24) is 4.90 Å². The van der Waals surface area contributed by atoms with Gasteiger partial charge in [0.05, 0.1) is 17.6 Å². The van der Waals surface area contributed by atoms with Gasteiger partial charge < -0.3 is 10.2 Å². The maximum absolute atomic E-state index is 13.7. The van der Waals surface area contributed by atoms with Crippen molar-refractivity contribution < 1.29 is 26.8 Å². The van der Waals surface area contributed by atoms with Crippen LogP contribution in [0.5, 0.6) is 0 Å². The fourth-order valence-electron chi connectivity index (χ4n) is 2.34. The minimum atomic E-state index is -3.85. The molecule has 2 aromatic carbocycles. The minimum absolute atomic E-state index is 0.160. The van der Waals surface area contributed by atoms with Crippen molar-refractivity contribution in [3.63, 3.8) is 0 Å². The van der Waals surface area contributed by atoms with E-state index >= 15 is 0 Å². The second-order valence-electron chi connectivity index (χ2n) is 6.19. The molecule has 0 fully saturated rings. The zero-order valence-electron chi connectivity index (χ0n) is 15.4. The fraction of sp³-hybridized carbons (Fsp3) is 0.222. The molecule has 0 saturated heterocycles. The molecule has 1 N–H and O–H groups in total. The fourth-order valence-corrected chi connectivity index (χ4v) is 3.20. The topological polar surface area (TPSA) is 86.8 Å². The summed E-state index contributed by atoms with van der Waals surface area (Å²) in [6, 6.07) is 8.26. The van der Waals surface area contributed by atoms with Crippen LogP contribution in [0.25, 0.3) is 0 Å². The number of halogens is 2. The summed E-state index contributed by atoms with van der Waals surface area (Å²) in [4.78, 5) is 25.5. The number of nitrogens with one attached hydrogen (secondary N) is 1. The number of amides is 2. The van der Waals surface area contributed by atoms with Crippen LogP contribution in [0.15, 0.2) is 42.5 Å². The molecule has 150 valence electrons. The minimum Gasteiger partial charge on any atom is -0.345 e. The Kier molecular flexibility index (Phi) is 6.34. The third-order valence-corrected chi connectivity index (χ3v) is 4.84. The molecule has 0 spiro atoms. The van der Waals surface area contributed by atoms with Crippen LogP contribution in [0, 0.1) is 11.6 Å². The zero-order valence-corrected chi connectivity index (χ0v) is 16.3. The molecule has 0 aromatic heterocycles. The SMILES string of the molecule is CN(C)C(=O)c1ccc(N(CC(=O)Nc2ccc(F)cc2F)S(C)(=O)=O)cc1. The summed E-state index contributed by atoms with van der Waals surface area (Å²) >= 11 is 0. The molecule has 7 nitrogen and oxygen atoms in total. The number of hydrogen-bond acceptors (Lipinski definition) is 4. The highest BCUT2D eigenvalue weighted by Crippen LogP contribution is 2.20. The number of carbonyl (C=O) groups is 2. The van der Waals surface area contributed by atoms with E-state index in [0.717, 1.165) is 22.7 Å². The van der Waals surface area contributed by atoms with E-state index in [-0.39, 0.29) is 17.3 Å². The van der Waals surface area contributed by atoms with E-state index in [0.29, 0.717) is 11.6 Å². The molecule has 0 bridgehead atoms. The Morgan fingerprint density at radius 1 is 1.04 bits per heavy atom. The molecule has 10 heteroatoms. The Bertz CT molecular complexity index is 992. The normalized spacial score (nSPS) is 11.0. The summed E-state index contributed by atoms with van der Waals surface area (Å²) in [7, 11) is -0.686. The lowest BCUT2D eigenvalue weighted by atomic mass is 10.2. The van der Waals surface area contributed by atoms with Gasteiger partial charge in [-0.3, -0.25) is 13.9 Å². The van der Waals surface area contributed by atoms with Gasteiger partial charge in [-0.1, -0.05) is 0 Å². The third kappa shape index (κ3) is 5.26. The van der Waals surface area contributed by atoms with Crippen LogP contribution in [0.3, 0.4) is 0 Å². The van der Waals surface area contributed by atoms with E-state index in [4.69, 9.17) is 0 Å². The van der Waals surface area contributed by atoms with Crippen molar-refractivity contribution in [3.05, 3.63) is 59.7 Å². The van der Waals surface area contributed by atoms with Gasteiger partial charge in [-0.05, 0) is 36.4 Å². The van der Waals surface area contributed by atoms with Gasteiger partial charge in [0.1, 0.15) is 18.2 Å². The van der Waals surface area contributed by atoms with Crippen LogP contribution in [0.4, 0.5) is 20.2 Å². The predicted octanol–water partition coefficient (Wildman–Crippen LogP) is 2.07. The number of carbonyl (C=O) groups excluding carboxylic acids is 2. The van der Waals surface area contributed by atoms with Gasteiger partial charge in [0.25, 0.3) is 5.91 Å². The van der Waals surface area contributed by atoms with Gasteiger partial charge in [0, 0.05) is 25.7 Å². The Balaban J connectivity index is 2.22. The van der Waals surface area contributed by atoms with E-state index in [1.54, 1.807) is 14.1 Å². The predicted molar refractivity (Wildman–Crippen MR) is 102 cm³/mol. The Hall–Kier alpha value is -3.01. The van der Waals surface area contributed by atoms with Crippen LogP contribution >= 0.6 is 0 Å². The maximum Gasteiger partial charge on any atom is 0.253 e. The van der Waals surface area contributed by atoms with Crippen LogP contribution in [-0.4, -0.2) is 52.0 Å². The van der Waals surface area contributed by atoms with Gasteiger partial charge >= 0.3 is 0 Å². The molecule has 2 aromatic rings. The largest absolute Gasteiger partial charge is 0.345 e. The average molecular weight is 411 g/mol. The molecular weight excluding hydrogens is 392 g/mol. The van der Waals surface area contributed by atoms with Gasteiger partial charge in [-0.25, -0.2) is 17.2 Å². The standard InChI is InChI=1S/C18H19F2N3O4S/c1-22(2)18(25)12-4-7-14(8-5-12)23(28(3,26)27)11-17(24)21-16-9-6-13(19)10-15(16)20/h4-10H,11H2,1-3H3,(H,21,24). The lowest BCUT2D eigenvalue weighted by molar-refractivity contribution is -0.114. The van der Waals surface area contributed by atoms with Crippen molar-refractivity contribution in [2.24, 2.45) is 0 Å². The highest BCUT2D eigenvalue weighted by molar-refractivity contribution is 7.92. The molecule has 0 aliphatic carbocycles. The van der Waals surface area contributed by atoms with Gasteiger partial charge in [0.15, 0.2) is 0 Å². The summed E-state index contributed by atoms with van der Waals surface area (Å²) in [5.41, 5.74) is 0.236. The Morgan fingerprint density at radius 3 is 2.14 bits per heavy atom. The molecule has 0 aliphatic heterocycles. The summed E-state index contributed by atoms with van der Waals surface area (Å²) in [6.45, 7) is -0.628. The van der Waals surface area contributed by atoms with Crippen molar-refractivity contribution in [2.75, 3.05) is 36.5 Å². The number of sulfonamides is 1. The van der Waals surface area contributed by atoms with Crippen LogP contribution in [0.1, 0.15) is 10.4 Å². The molecule has 0 radical (unpaired) electrons. The number of anilines is 2. The van der Waals surface area contributed by atoms with E-state index in [1.807, 2.05) is 0 Å². The molecule has 2 rings (SSSR count). The van der Waals surface area contributed by atoms with Crippen molar-refractivity contribution in [2.45, 2.75) is 0 Å². The molecule has 28 heavy (non-hydrogen) atoms. The van der Waals surface area contributed by atoms with E-state index < -0.39 is 34.1 Å². The lowest BCUT2D eigenvalue weighted by Crippen LogP contribution is -2.37. The lowest BCUT2D eigenvalue weighted by Gasteiger charge is -2.22. The van der Waals surface area contributed by atoms with E-state index in [2.05, 4.69) is 5.32 Å². The second-order valence-corrected chi connectivity index (χ2v) is 8.10. The number of rotatable bonds is 6. The first-order valence-corrected chi connectivity index (χ1v) is 9.88. The first kappa shape index (κ1) is 21.3. The number of hydrogen-bond donors (Lipinski definition) is 1. The zero-order chi connectivity index (χ0) is 21.1. The van der Waals surface area contributed by atoms with Crippen LogP contribution in [0.2, 0.25) is 0 Å². The molecule has 2 amide bonds. The number of benzene rings is 2. The van der Waals surface area contributed by atoms with Crippen LogP contribution < -0.4 is 9.62 Å². The highest BCUT2D eigenvalue weighted by atomic mass is 32.2. The summed E-state index contributed by atoms with van der Waals surface area (Å²) in [5, 5.41) is 2.21. The molecular formula is C18H19F2N3O4S. The van der Waals surface area contributed by atoms with E-state index in [1.165, 1.54) is 29.2 Å². The summed E-state index contributed by atoms with van der Waals surface area (Å²) in [5.74, 6) is -2.86. The maximum atomic E-state index is 13.7. The first-order chi connectivity index (χ1) is 13.0. The monoisotopic (exact) mass is 411 g/mol. The third-order valence-electron chi connectivity index (χ3n) is 3.70. The molecule has 0 atom stereocenters. The van der Waals surface area contributed by atoms with Crippen LogP contribution in [-0.2, 0) is 14.8 Å². The molecule has 0 saturated carbocycles. The summed E-state index contributed by atoms with van der Waals surface area (Å²) in [6.07, 6.45) is 0.914. The average Bonchev–Trinajstić information content (AvgIpc) is 2.60. The Morgan fingerprint density at radius 2 is 1.64 bits per heavy atom. The highest BCUT2D eigenvalue weighted by Gasteiger charge is 2.22. The molecule has 0 unspecified atom stereocenters. The molecule has 0 heterocycles. The Labute approximate surface area is 161 Å². The number of nitrogens with zero attached hydrogens (tertiary/aromatic N) is 2. The van der Waals surface area contributed by atoms with Gasteiger partial charge in [0.2, 0.25) is 15.9 Å². The van der Waals surface area contributed by atoms with E-state index in [9.17, 15) is 26.8 Å². The second kappa shape index (κ2) is 8.34. The first-order valence-electron chi connectivity index (χ1n) is 8.03. The summed E-state index contributed by atoms with van der Waals surface area (Å²) < 4.78 is 51.6. The van der Waals surface area contributed by atoms with Crippen molar-refractivity contribution >= 4 is 33.2 Å². The van der Waals surface area contributed by atoms with Crippen molar-refractivity contribution in [1.29, 1.82) is 0 Å². The quantitative estimate of drug-likeness (QED) is 0.789. The molecule has 0 aliphatic rings. The smallest absolute Gasteiger partial charge is 0.253 e.